The van der Waals surface area contributed by atoms with Gasteiger partial charge in [0.25, 0.3) is 15.9 Å². The highest BCUT2D eigenvalue weighted by atomic mass is 35.5. The number of ether oxygens (including phenoxy) is 1. The molecular weight excluding hydrogens is 534 g/mol. The van der Waals surface area contributed by atoms with Crippen LogP contribution in [0.5, 0.6) is 5.75 Å². The number of carbonyl (C=O) groups excluding carboxylic acids is 1. The smallest absolute Gasteiger partial charge is 0.264 e. The largest absolute Gasteiger partial charge is 0.497 e. The molecule has 1 spiro atoms. The Labute approximate surface area is 234 Å². The second-order valence-corrected chi connectivity index (χ2v) is 12.1. The Balaban J connectivity index is 1.57. The summed E-state index contributed by atoms with van der Waals surface area (Å²) in [6.07, 6.45) is 5.38. The van der Waals surface area contributed by atoms with Gasteiger partial charge in [-0.2, -0.15) is 0 Å². The normalized spacial score (nSPS) is 18.3. The van der Waals surface area contributed by atoms with Crippen molar-refractivity contribution in [1.29, 1.82) is 0 Å². The number of fused-ring (bicyclic) bond motifs is 2. The number of sulfonamides is 1. The number of allylic oxidation sites excluding steroid dienone is 1. The molecule has 2 aliphatic heterocycles. The van der Waals surface area contributed by atoms with Crippen molar-refractivity contribution in [3.05, 3.63) is 101 Å². The van der Waals surface area contributed by atoms with Crippen molar-refractivity contribution in [3.63, 3.8) is 0 Å². The molecule has 1 atom stereocenters. The van der Waals surface area contributed by atoms with Gasteiger partial charge >= 0.3 is 0 Å². The van der Waals surface area contributed by atoms with Crippen LogP contribution >= 0.6 is 11.6 Å². The Morgan fingerprint density at radius 2 is 1.85 bits per heavy atom. The predicted octanol–water partition coefficient (Wildman–Crippen LogP) is 5.05. The SMILES string of the molecule is CC=CC1N(S(=O)(=O)c2ccc(OC)cc2)c2ccc(C(=O)NCc3ccccc3Cl)cc2C12CCNCC2. The van der Waals surface area contributed by atoms with Crippen molar-refractivity contribution in [1.82, 2.24) is 10.6 Å². The van der Waals surface area contributed by atoms with Gasteiger partial charge in [0.15, 0.2) is 0 Å². The number of benzene rings is 3. The summed E-state index contributed by atoms with van der Waals surface area (Å²) >= 11 is 6.27. The summed E-state index contributed by atoms with van der Waals surface area (Å²) in [5.74, 6) is 0.351. The molecule has 2 N–H and O–H groups in total. The number of nitrogens with zero attached hydrogens (tertiary/aromatic N) is 1. The fraction of sp³-hybridized carbons (Fsp3) is 0.300. The topological polar surface area (TPSA) is 87.7 Å². The number of carbonyl (C=O) groups is 1. The molecule has 0 radical (unpaired) electrons. The standard InChI is InChI=1S/C30H32ClN3O4S/c1-3-6-28-30(15-17-32-18-16-30)25-19-21(29(35)33-20-22-7-4-5-8-26(22)31)9-14-27(25)34(28)39(36,37)24-12-10-23(38-2)11-13-24/h3-14,19,28,32H,15-18,20H2,1-2H3,(H,33,35). The van der Waals surface area contributed by atoms with E-state index in [4.69, 9.17) is 16.3 Å². The first-order valence-electron chi connectivity index (χ1n) is 13.0. The van der Waals surface area contributed by atoms with E-state index in [1.807, 2.05) is 43.3 Å². The minimum absolute atomic E-state index is 0.191. The molecule has 3 aromatic rings. The highest BCUT2D eigenvalue weighted by molar-refractivity contribution is 7.93. The summed E-state index contributed by atoms with van der Waals surface area (Å²) in [5.41, 5.74) is 2.34. The number of halogens is 1. The van der Waals surface area contributed by atoms with Crippen LogP contribution in [-0.4, -0.2) is 40.6 Å². The molecule has 0 saturated carbocycles. The Morgan fingerprint density at radius 1 is 1.13 bits per heavy atom. The van der Waals surface area contributed by atoms with Crippen LogP contribution in [0.3, 0.4) is 0 Å². The lowest BCUT2D eigenvalue weighted by molar-refractivity contribution is 0.0950. The summed E-state index contributed by atoms with van der Waals surface area (Å²) in [4.78, 5) is 13.4. The molecule has 0 aromatic heterocycles. The summed E-state index contributed by atoms with van der Waals surface area (Å²) in [6, 6.07) is 18.8. The molecule has 2 heterocycles. The average molecular weight is 566 g/mol. The van der Waals surface area contributed by atoms with Crippen molar-refractivity contribution in [2.75, 3.05) is 24.5 Å². The summed E-state index contributed by atoms with van der Waals surface area (Å²) in [6.45, 7) is 3.72. The van der Waals surface area contributed by atoms with E-state index in [9.17, 15) is 13.2 Å². The highest BCUT2D eigenvalue weighted by Crippen LogP contribution is 2.53. The van der Waals surface area contributed by atoms with E-state index in [0.717, 1.165) is 37.1 Å². The molecule has 0 aliphatic carbocycles. The van der Waals surface area contributed by atoms with Crippen molar-refractivity contribution in [2.45, 2.75) is 42.7 Å². The number of anilines is 1. The molecular formula is C30H32ClN3O4S. The first kappa shape index (κ1) is 27.2. The molecule has 5 rings (SSSR count). The van der Waals surface area contributed by atoms with Gasteiger partial charge in [0.05, 0.1) is 23.7 Å². The van der Waals surface area contributed by atoms with E-state index in [0.29, 0.717) is 28.6 Å². The molecule has 9 heteroatoms. The first-order chi connectivity index (χ1) is 18.8. The summed E-state index contributed by atoms with van der Waals surface area (Å²) < 4.78 is 35.1. The van der Waals surface area contributed by atoms with Gasteiger partial charge in [-0.05, 0) is 92.5 Å². The van der Waals surface area contributed by atoms with Gasteiger partial charge in [0.2, 0.25) is 0 Å². The Hall–Kier alpha value is -3.33. The molecule has 1 amide bonds. The first-order valence-corrected chi connectivity index (χ1v) is 14.8. The number of amides is 1. The number of piperidine rings is 1. The molecule has 7 nitrogen and oxygen atoms in total. The zero-order valence-corrected chi connectivity index (χ0v) is 23.6. The van der Waals surface area contributed by atoms with Gasteiger partial charge in [-0.3, -0.25) is 9.10 Å². The minimum Gasteiger partial charge on any atom is -0.497 e. The van der Waals surface area contributed by atoms with Crippen LogP contribution in [-0.2, 0) is 22.0 Å². The van der Waals surface area contributed by atoms with E-state index < -0.39 is 21.5 Å². The Morgan fingerprint density at radius 3 is 2.51 bits per heavy atom. The second kappa shape index (κ2) is 11.0. The fourth-order valence-electron chi connectivity index (χ4n) is 5.74. The number of nitrogens with one attached hydrogen (secondary N) is 2. The van der Waals surface area contributed by atoms with Crippen molar-refractivity contribution < 1.29 is 17.9 Å². The molecule has 2 aliphatic rings. The average Bonchev–Trinajstić information content (AvgIpc) is 3.21. The van der Waals surface area contributed by atoms with Crippen molar-refractivity contribution in [3.8, 4) is 5.75 Å². The number of rotatable bonds is 7. The zero-order valence-electron chi connectivity index (χ0n) is 22.0. The molecule has 1 unspecified atom stereocenters. The van der Waals surface area contributed by atoms with E-state index in [1.54, 1.807) is 53.9 Å². The van der Waals surface area contributed by atoms with E-state index in [1.165, 1.54) is 0 Å². The number of methoxy groups -OCH3 is 1. The Bertz CT molecular complexity index is 1500. The third-order valence-electron chi connectivity index (χ3n) is 7.74. The van der Waals surface area contributed by atoms with Gasteiger partial charge in [0, 0.05) is 22.5 Å². The zero-order chi connectivity index (χ0) is 27.6. The van der Waals surface area contributed by atoms with Crippen molar-refractivity contribution >= 4 is 33.2 Å². The maximum Gasteiger partial charge on any atom is 0.264 e. The number of hydrogen-bond donors (Lipinski definition) is 2. The van der Waals surface area contributed by atoms with Gasteiger partial charge in [-0.1, -0.05) is 42.0 Å². The number of hydrogen-bond acceptors (Lipinski definition) is 5. The molecule has 204 valence electrons. The van der Waals surface area contributed by atoms with E-state index >= 15 is 0 Å². The van der Waals surface area contributed by atoms with Gasteiger partial charge in [-0.15, -0.1) is 0 Å². The Kier molecular flexibility index (Phi) is 7.71. The van der Waals surface area contributed by atoms with Crippen LogP contribution in [0.25, 0.3) is 0 Å². The van der Waals surface area contributed by atoms with Gasteiger partial charge < -0.3 is 15.4 Å². The lowest BCUT2D eigenvalue weighted by atomic mass is 9.69. The molecule has 3 aromatic carbocycles. The maximum atomic E-state index is 14.2. The van der Waals surface area contributed by atoms with Crippen LogP contribution in [0.1, 0.15) is 41.3 Å². The minimum atomic E-state index is -3.92. The molecule has 39 heavy (non-hydrogen) atoms. The lowest BCUT2D eigenvalue weighted by Crippen LogP contribution is -2.51. The van der Waals surface area contributed by atoms with Crippen LogP contribution in [0.15, 0.2) is 83.8 Å². The van der Waals surface area contributed by atoms with Gasteiger partial charge in [0.1, 0.15) is 5.75 Å². The second-order valence-electron chi connectivity index (χ2n) is 9.86. The van der Waals surface area contributed by atoms with E-state index in [2.05, 4.69) is 10.6 Å². The quantitative estimate of drug-likeness (QED) is 0.391. The monoisotopic (exact) mass is 565 g/mol. The summed E-state index contributed by atoms with van der Waals surface area (Å²) in [7, 11) is -2.37. The van der Waals surface area contributed by atoms with Crippen LogP contribution in [0.2, 0.25) is 5.02 Å². The lowest BCUT2D eigenvalue weighted by Gasteiger charge is -2.40. The van der Waals surface area contributed by atoms with Gasteiger partial charge in [-0.25, -0.2) is 8.42 Å². The van der Waals surface area contributed by atoms with Crippen LogP contribution < -0.4 is 19.7 Å². The predicted molar refractivity (Wildman–Crippen MR) is 154 cm³/mol. The third kappa shape index (κ3) is 4.93. The van der Waals surface area contributed by atoms with Crippen molar-refractivity contribution in [2.24, 2.45) is 0 Å². The van der Waals surface area contributed by atoms with Crippen LogP contribution in [0.4, 0.5) is 5.69 Å². The fourth-order valence-corrected chi connectivity index (χ4v) is 7.64. The summed E-state index contributed by atoms with van der Waals surface area (Å²) in [5, 5.41) is 6.96. The molecule has 1 fully saturated rings. The molecule has 1 saturated heterocycles. The van der Waals surface area contributed by atoms with Crippen LogP contribution in [0, 0.1) is 0 Å². The third-order valence-corrected chi connectivity index (χ3v) is 9.91. The highest BCUT2D eigenvalue weighted by Gasteiger charge is 2.54. The maximum absolute atomic E-state index is 14.2. The molecule has 0 bridgehead atoms. The van der Waals surface area contributed by atoms with E-state index in [-0.39, 0.29) is 10.8 Å².